The summed E-state index contributed by atoms with van der Waals surface area (Å²) >= 11 is 0. The van der Waals surface area contributed by atoms with Crippen LogP contribution >= 0.6 is 0 Å². The number of aliphatic hydroxyl groups is 1. The quantitative estimate of drug-likeness (QED) is 0.710. The maximum absolute atomic E-state index is 13.4. The molecule has 1 N–H and O–H groups in total. The maximum atomic E-state index is 13.4. The average Bonchev–Trinajstić information content (AvgIpc) is 2.00. The molecule has 2 nitrogen and oxygen atoms in total. The number of hydrogen-bond acceptors (Lipinski definition) is 2. The lowest BCUT2D eigenvalue weighted by molar-refractivity contribution is -0.186. The number of hydrogen-bond donors (Lipinski definition) is 1. The van der Waals surface area contributed by atoms with E-state index in [9.17, 15) is 9.50 Å². The van der Waals surface area contributed by atoms with Crippen molar-refractivity contribution in [3.63, 3.8) is 0 Å². The van der Waals surface area contributed by atoms with Gasteiger partial charge in [-0.2, -0.15) is 0 Å². The lowest BCUT2D eigenvalue weighted by atomic mass is 9.91. The summed E-state index contributed by atoms with van der Waals surface area (Å²) in [5.41, 5.74) is 0.0899. The molecule has 0 radical (unpaired) electrons. The molecule has 70 valence electrons. The highest BCUT2D eigenvalue weighted by atomic mass is 19.1. The van der Waals surface area contributed by atoms with Crippen LogP contribution < -0.4 is 0 Å². The summed E-state index contributed by atoms with van der Waals surface area (Å²) in [6.45, 7) is 2.19. The molecular weight excluding hydrogens is 171 g/mol. The second kappa shape index (κ2) is 2.79. The first-order valence-corrected chi connectivity index (χ1v) is 4.19. The van der Waals surface area contributed by atoms with Gasteiger partial charge in [0.05, 0.1) is 13.2 Å². The van der Waals surface area contributed by atoms with Crippen molar-refractivity contribution in [2.24, 2.45) is 0 Å². The normalized spacial score (nSPS) is 19.6. The molecule has 1 heterocycles. The van der Waals surface area contributed by atoms with E-state index in [2.05, 4.69) is 0 Å². The highest BCUT2D eigenvalue weighted by molar-refractivity contribution is 5.29. The van der Waals surface area contributed by atoms with Crippen LogP contribution in [0.2, 0.25) is 0 Å². The van der Waals surface area contributed by atoms with E-state index >= 15 is 0 Å². The van der Waals surface area contributed by atoms with Gasteiger partial charge in [0.15, 0.2) is 0 Å². The third-order valence-electron chi connectivity index (χ3n) is 2.31. The molecule has 0 amide bonds. The van der Waals surface area contributed by atoms with Gasteiger partial charge in [0, 0.05) is 5.56 Å². The molecule has 0 bridgehead atoms. The lowest BCUT2D eigenvalue weighted by Gasteiger charge is -2.36. The largest absolute Gasteiger partial charge is 0.380 e. The molecule has 1 aromatic carbocycles. The van der Waals surface area contributed by atoms with E-state index in [1.807, 2.05) is 6.92 Å². The first-order valence-electron chi connectivity index (χ1n) is 4.19. The van der Waals surface area contributed by atoms with Crippen molar-refractivity contribution < 1.29 is 14.2 Å². The zero-order valence-electron chi connectivity index (χ0n) is 7.38. The van der Waals surface area contributed by atoms with Gasteiger partial charge in [0.25, 0.3) is 0 Å². The molecule has 0 atom stereocenters. The van der Waals surface area contributed by atoms with Crippen LogP contribution in [0.5, 0.6) is 0 Å². The Morgan fingerprint density at radius 1 is 1.46 bits per heavy atom. The van der Waals surface area contributed by atoms with Crippen molar-refractivity contribution in [3.8, 4) is 0 Å². The summed E-state index contributed by atoms with van der Waals surface area (Å²) in [6, 6.07) is 4.83. The summed E-state index contributed by atoms with van der Waals surface area (Å²) in [5.74, 6) is -0.356. The molecule has 0 spiro atoms. The average molecular weight is 182 g/mol. The van der Waals surface area contributed by atoms with Gasteiger partial charge in [-0.3, -0.25) is 0 Å². The van der Waals surface area contributed by atoms with E-state index in [4.69, 9.17) is 4.74 Å². The minimum atomic E-state index is -1.10. The van der Waals surface area contributed by atoms with Crippen molar-refractivity contribution in [2.75, 3.05) is 13.2 Å². The predicted molar refractivity (Wildman–Crippen MR) is 45.9 cm³/mol. The molecule has 1 aliphatic heterocycles. The van der Waals surface area contributed by atoms with Gasteiger partial charge in [-0.25, -0.2) is 4.39 Å². The number of ether oxygens (including phenoxy) is 1. The van der Waals surface area contributed by atoms with Crippen molar-refractivity contribution in [1.29, 1.82) is 0 Å². The van der Waals surface area contributed by atoms with Crippen molar-refractivity contribution in [1.82, 2.24) is 0 Å². The third kappa shape index (κ3) is 1.34. The molecule has 1 saturated heterocycles. The second-order valence-corrected chi connectivity index (χ2v) is 3.51. The van der Waals surface area contributed by atoms with E-state index in [1.165, 1.54) is 6.07 Å². The van der Waals surface area contributed by atoms with E-state index in [-0.39, 0.29) is 19.0 Å². The fourth-order valence-electron chi connectivity index (χ4n) is 1.45. The molecule has 1 aromatic rings. The van der Waals surface area contributed by atoms with Crippen molar-refractivity contribution in [3.05, 3.63) is 35.1 Å². The molecule has 13 heavy (non-hydrogen) atoms. The highest BCUT2D eigenvalue weighted by Gasteiger charge is 2.39. The Hall–Kier alpha value is -0.930. The Labute approximate surface area is 76.0 Å². The minimum absolute atomic E-state index is 0.187. The van der Waals surface area contributed by atoms with Crippen LogP contribution in [0.3, 0.4) is 0 Å². The van der Waals surface area contributed by atoms with Crippen molar-refractivity contribution >= 4 is 0 Å². The zero-order valence-corrected chi connectivity index (χ0v) is 7.38. The van der Waals surface area contributed by atoms with Gasteiger partial charge in [-0.15, -0.1) is 0 Å². The fourth-order valence-corrected chi connectivity index (χ4v) is 1.45. The second-order valence-electron chi connectivity index (χ2n) is 3.51. The van der Waals surface area contributed by atoms with Crippen molar-refractivity contribution in [2.45, 2.75) is 12.5 Å². The fraction of sp³-hybridized carbons (Fsp3) is 0.400. The van der Waals surface area contributed by atoms with Crippen LogP contribution in [0.15, 0.2) is 18.2 Å². The Balaban J connectivity index is 2.40. The maximum Gasteiger partial charge on any atom is 0.139 e. The lowest BCUT2D eigenvalue weighted by Crippen LogP contribution is -2.47. The Bertz CT molecular complexity index is 332. The zero-order chi connectivity index (χ0) is 9.47. The third-order valence-corrected chi connectivity index (χ3v) is 2.31. The Morgan fingerprint density at radius 2 is 2.15 bits per heavy atom. The molecule has 0 saturated carbocycles. The SMILES string of the molecule is Cc1ccc(C2(O)COC2)c(F)c1. The topological polar surface area (TPSA) is 29.5 Å². The Morgan fingerprint density at radius 3 is 2.62 bits per heavy atom. The van der Waals surface area contributed by atoms with E-state index in [0.29, 0.717) is 5.56 Å². The molecule has 0 unspecified atom stereocenters. The first kappa shape index (κ1) is 8.66. The summed E-state index contributed by atoms with van der Waals surface area (Å²) in [5, 5.41) is 9.79. The summed E-state index contributed by atoms with van der Waals surface area (Å²) in [6.07, 6.45) is 0. The monoisotopic (exact) mass is 182 g/mol. The molecule has 0 aromatic heterocycles. The highest BCUT2D eigenvalue weighted by Crippen LogP contribution is 2.31. The van der Waals surface area contributed by atoms with Crippen LogP contribution in [0.25, 0.3) is 0 Å². The molecule has 2 rings (SSSR count). The van der Waals surface area contributed by atoms with Crippen LogP contribution in [0, 0.1) is 12.7 Å². The standard InChI is InChI=1S/C10H11FO2/c1-7-2-3-8(9(11)4-7)10(12)5-13-6-10/h2-4,12H,5-6H2,1H3. The van der Waals surface area contributed by atoms with Crippen LogP contribution in [-0.4, -0.2) is 18.3 Å². The van der Waals surface area contributed by atoms with Gasteiger partial charge in [0.1, 0.15) is 11.4 Å². The van der Waals surface area contributed by atoms with Gasteiger partial charge < -0.3 is 9.84 Å². The molecule has 1 aliphatic rings. The van der Waals surface area contributed by atoms with E-state index < -0.39 is 5.60 Å². The van der Waals surface area contributed by atoms with Gasteiger partial charge in [-0.05, 0) is 18.6 Å². The summed E-state index contributed by atoms with van der Waals surface area (Å²) < 4.78 is 18.2. The van der Waals surface area contributed by atoms with E-state index in [1.54, 1.807) is 12.1 Å². The number of halogens is 1. The summed E-state index contributed by atoms with van der Waals surface area (Å²) in [7, 11) is 0. The number of rotatable bonds is 1. The van der Waals surface area contributed by atoms with E-state index in [0.717, 1.165) is 5.56 Å². The van der Waals surface area contributed by atoms with Gasteiger partial charge in [0.2, 0.25) is 0 Å². The van der Waals surface area contributed by atoms with Crippen LogP contribution in [0.4, 0.5) is 4.39 Å². The van der Waals surface area contributed by atoms with Gasteiger partial charge in [-0.1, -0.05) is 12.1 Å². The minimum Gasteiger partial charge on any atom is -0.380 e. The molecular formula is C10H11FO2. The molecule has 1 fully saturated rings. The molecule has 3 heteroatoms. The predicted octanol–water partition coefficient (Wildman–Crippen LogP) is 1.35. The summed E-state index contributed by atoms with van der Waals surface area (Å²) in [4.78, 5) is 0. The van der Waals surface area contributed by atoms with Crippen LogP contribution in [-0.2, 0) is 10.3 Å². The number of aryl methyl sites for hydroxylation is 1. The Kier molecular flexibility index (Phi) is 1.86. The smallest absolute Gasteiger partial charge is 0.139 e. The molecule has 0 aliphatic carbocycles. The van der Waals surface area contributed by atoms with Crippen LogP contribution in [0.1, 0.15) is 11.1 Å². The first-order chi connectivity index (χ1) is 6.12. The van der Waals surface area contributed by atoms with Gasteiger partial charge >= 0.3 is 0 Å². The number of benzene rings is 1.